The Morgan fingerprint density at radius 1 is 1.48 bits per heavy atom. The van der Waals surface area contributed by atoms with Crippen molar-refractivity contribution in [3.63, 3.8) is 0 Å². The van der Waals surface area contributed by atoms with E-state index in [1.165, 1.54) is 0 Å². The van der Waals surface area contributed by atoms with E-state index in [2.05, 4.69) is 17.8 Å². The average molecular weight is 386 g/mol. The topological polar surface area (TPSA) is 39.4 Å². The number of halogens is 2. The maximum absolute atomic E-state index is 9.40. The molecule has 1 rings (SSSR count). The first-order chi connectivity index (χ1) is 11.0. The van der Waals surface area contributed by atoms with Gasteiger partial charge in [-0.25, -0.2) is 0 Å². The fourth-order valence-electron chi connectivity index (χ4n) is 1.69. The second-order valence-corrected chi connectivity index (χ2v) is 7.40. The molecule has 7 heteroatoms. The number of nitriles is 1. The molecule has 1 aromatic carbocycles. The number of aliphatic imine (C=N–C) groups is 1. The molecule has 3 nitrogen and oxygen atoms in total. The first kappa shape index (κ1) is 20.0. The lowest BCUT2D eigenvalue weighted by Crippen LogP contribution is -2.10. The largest absolute Gasteiger partial charge is 0.340 e. The Bertz CT molecular complexity index is 651. The summed E-state index contributed by atoms with van der Waals surface area (Å²) in [4.78, 5) is 5.39. The van der Waals surface area contributed by atoms with Crippen molar-refractivity contribution in [2.75, 3.05) is 19.1 Å². The van der Waals surface area contributed by atoms with Gasteiger partial charge < -0.3 is 4.90 Å². The molecule has 0 aliphatic carbocycles. The van der Waals surface area contributed by atoms with Crippen LogP contribution in [-0.2, 0) is 6.42 Å². The number of benzene rings is 1. The van der Waals surface area contributed by atoms with Gasteiger partial charge in [-0.1, -0.05) is 29.3 Å². The van der Waals surface area contributed by atoms with Gasteiger partial charge in [0.1, 0.15) is 11.8 Å². The van der Waals surface area contributed by atoms with Crippen molar-refractivity contribution in [1.29, 1.82) is 5.26 Å². The lowest BCUT2D eigenvalue weighted by molar-refractivity contribution is 0.591. The molecule has 0 heterocycles. The summed E-state index contributed by atoms with van der Waals surface area (Å²) in [5, 5.41) is 10.7. The summed E-state index contributed by atoms with van der Waals surface area (Å²) in [6, 6.07) is 7.75. The second-order valence-electron chi connectivity index (χ2n) is 4.38. The SMILES string of the molecule is C=N/C=C\N(C)/C(C#N)=C(/SC)SCCc1ccc(Cl)cc1Cl. The zero-order valence-corrected chi connectivity index (χ0v) is 16.1. The van der Waals surface area contributed by atoms with Crippen molar-refractivity contribution in [2.24, 2.45) is 4.99 Å². The van der Waals surface area contributed by atoms with Crippen LogP contribution < -0.4 is 0 Å². The van der Waals surface area contributed by atoms with E-state index in [9.17, 15) is 5.26 Å². The number of hydrogen-bond donors (Lipinski definition) is 0. The molecule has 0 aliphatic rings. The normalized spacial score (nSPS) is 12.0. The zero-order valence-electron chi connectivity index (χ0n) is 12.9. The molecule has 0 atom stereocenters. The predicted octanol–water partition coefficient (Wildman–Crippen LogP) is 5.43. The van der Waals surface area contributed by atoms with Crippen LogP contribution in [0.3, 0.4) is 0 Å². The number of thioether (sulfide) groups is 2. The van der Waals surface area contributed by atoms with Crippen LogP contribution in [0.25, 0.3) is 0 Å². The molecule has 23 heavy (non-hydrogen) atoms. The highest BCUT2D eigenvalue weighted by atomic mass is 35.5. The Morgan fingerprint density at radius 3 is 2.78 bits per heavy atom. The van der Waals surface area contributed by atoms with Crippen molar-refractivity contribution in [1.82, 2.24) is 4.90 Å². The predicted molar refractivity (Wildman–Crippen MR) is 105 cm³/mol. The van der Waals surface area contributed by atoms with Gasteiger partial charge in [0, 0.05) is 35.2 Å². The quantitative estimate of drug-likeness (QED) is 0.441. The summed E-state index contributed by atoms with van der Waals surface area (Å²) >= 11 is 15.3. The van der Waals surface area contributed by atoms with Gasteiger partial charge in [-0.15, -0.1) is 23.5 Å². The van der Waals surface area contributed by atoms with Crippen LogP contribution in [0, 0.1) is 11.3 Å². The van der Waals surface area contributed by atoms with E-state index in [4.69, 9.17) is 23.2 Å². The highest BCUT2D eigenvalue weighted by Gasteiger charge is 2.10. The summed E-state index contributed by atoms with van der Waals surface area (Å²) in [5.41, 5.74) is 1.64. The van der Waals surface area contributed by atoms with Crippen molar-refractivity contribution in [3.8, 4) is 6.07 Å². The van der Waals surface area contributed by atoms with Crippen LogP contribution in [0.4, 0.5) is 0 Å². The molecule has 0 saturated carbocycles. The number of allylic oxidation sites excluding steroid dienone is 1. The van der Waals surface area contributed by atoms with Crippen LogP contribution in [0.5, 0.6) is 0 Å². The van der Waals surface area contributed by atoms with E-state index in [0.29, 0.717) is 15.7 Å². The number of rotatable bonds is 8. The first-order valence-electron chi connectivity index (χ1n) is 6.64. The van der Waals surface area contributed by atoms with Gasteiger partial charge in [-0.2, -0.15) is 5.26 Å². The summed E-state index contributed by atoms with van der Waals surface area (Å²) in [6.07, 6.45) is 6.02. The highest BCUT2D eigenvalue weighted by Crippen LogP contribution is 2.32. The van der Waals surface area contributed by atoms with E-state index in [0.717, 1.165) is 22.0 Å². The molecular formula is C16H17Cl2N3S2. The maximum Gasteiger partial charge on any atom is 0.140 e. The highest BCUT2D eigenvalue weighted by molar-refractivity contribution is 8.22. The smallest absolute Gasteiger partial charge is 0.140 e. The van der Waals surface area contributed by atoms with E-state index >= 15 is 0 Å². The van der Waals surface area contributed by atoms with Gasteiger partial charge in [0.25, 0.3) is 0 Å². The molecule has 0 amide bonds. The van der Waals surface area contributed by atoms with Gasteiger partial charge in [0.2, 0.25) is 0 Å². The third-order valence-electron chi connectivity index (χ3n) is 2.85. The van der Waals surface area contributed by atoms with E-state index in [-0.39, 0.29) is 0 Å². The molecule has 1 aromatic rings. The van der Waals surface area contributed by atoms with Crippen LogP contribution in [0.1, 0.15) is 5.56 Å². The summed E-state index contributed by atoms with van der Waals surface area (Å²) in [6.45, 7) is 3.39. The molecule has 0 unspecified atom stereocenters. The molecule has 0 spiro atoms. The zero-order chi connectivity index (χ0) is 17.2. The molecule has 122 valence electrons. The van der Waals surface area contributed by atoms with Gasteiger partial charge in [-0.3, -0.25) is 4.99 Å². The lowest BCUT2D eigenvalue weighted by atomic mass is 10.2. The summed E-state index contributed by atoms with van der Waals surface area (Å²) < 4.78 is 0.953. The van der Waals surface area contributed by atoms with Crippen LogP contribution >= 0.6 is 46.7 Å². The third kappa shape index (κ3) is 6.52. The Morgan fingerprint density at radius 2 is 2.22 bits per heavy atom. The Hall–Kier alpha value is -1.06. The van der Waals surface area contributed by atoms with Gasteiger partial charge in [0.15, 0.2) is 0 Å². The maximum atomic E-state index is 9.40. The van der Waals surface area contributed by atoms with E-state index in [1.54, 1.807) is 46.9 Å². The van der Waals surface area contributed by atoms with Crippen molar-refractivity contribution in [2.45, 2.75) is 6.42 Å². The monoisotopic (exact) mass is 385 g/mol. The number of hydrogen-bond acceptors (Lipinski definition) is 5. The van der Waals surface area contributed by atoms with E-state index in [1.807, 2.05) is 25.4 Å². The molecule has 0 radical (unpaired) electrons. The van der Waals surface area contributed by atoms with Gasteiger partial charge in [0.05, 0.1) is 4.24 Å². The number of nitrogens with zero attached hydrogens (tertiary/aromatic N) is 3. The standard InChI is InChI=1S/C16H17Cl2N3S2/c1-20-7-8-21(2)15(11-19)16(22-3)23-9-6-12-4-5-13(17)10-14(12)18/h4-5,7-8,10H,1,6,9H2,2-3H3/b8-7-,16-15-. The minimum absolute atomic E-state index is 0.588. The molecular weight excluding hydrogens is 369 g/mol. The first-order valence-corrected chi connectivity index (χ1v) is 9.60. The molecule has 0 bridgehead atoms. The Kier molecular flexibility index (Phi) is 9.27. The minimum atomic E-state index is 0.588. The minimum Gasteiger partial charge on any atom is -0.340 e. The fraction of sp³-hybridized carbons (Fsp3) is 0.250. The lowest BCUT2D eigenvalue weighted by Gasteiger charge is -2.15. The number of aryl methyl sites for hydroxylation is 1. The Labute approximate surface area is 156 Å². The van der Waals surface area contributed by atoms with Crippen molar-refractivity contribution in [3.05, 3.63) is 56.1 Å². The Balaban J connectivity index is 2.78. The molecule has 0 N–H and O–H groups in total. The van der Waals surface area contributed by atoms with E-state index < -0.39 is 0 Å². The molecule has 0 aliphatic heterocycles. The second kappa shape index (κ2) is 10.7. The third-order valence-corrected chi connectivity index (χ3v) is 5.72. The van der Waals surface area contributed by atoms with Crippen molar-refractivity contribution >= 4 is 53.4 Å². The van der Waals surface area contributed by atoms with Crippen LogP contribution in [0.2, 0.25) is 10.0 Å². The summed E-state index contributed by atoms with van der Waals surface area (Å²) in [7, 11) is 1.81. The average Bonchev–Trinajstić information content (AvgIpc) is 2.53. The molecule has 0 fully saturated rings. The van der Waals surface area contributed by atoms with Crippen LogP contribution in [-0.4, -0.2) is 30.7 Å². The summed E-state index contributed by atoms with van der Waals surface area (Å²) in [5.74, 6) is 0.819. The molecule has 0 aromatic heterocycles. The molecule has 0 saturated heterocycles. The van der Waals surface area contributed by atoms with Gasteiger partial charge >= 0.3 is 0 Å². The van der Waals surface area contributed by atoms with Gasteiger partial charge in [-0.05, 0) is 37.1 Å². The van der Waals surface area contributed by atoms with Crippen LogP contribution in [0.15, 0.2) is 45.5 Å². The fourth-order valence-corrected chi connectivity index (χ4v) is 4.13. The van der Waals surface area contributed by atoms with Crippen molar-refractivity contribution < 1.29 is 0 Å².